The molecule has 0 unspecified atom stereocenters. The molecule has 0 aromatic heterocycles. The number of nitrogens with one attached hydrogen (secondary N) is 1. The number of amides is 2. The lowest BCUT2D eigenvalue weighted by Crippen LogP contribution is -2.43. The van der Waals surface area contributed by atoms with Crippen LogP contribution in [-0.2, 0) is 4.74 Å². The molecular formula is C18H27ClN4O2. The van der Waals surface area contributed by atoms with E-state index >= 15 is 0 Å². The summed E-state index contributed by atoms with van der Waals surface area (Å²) in [5, 5.41) is 3.75. The summed E-state index contributed by atoms with van der Waals surface area (Å²) in [6.45, 7) is 4.60. The maximum absolute atomic E-state index is 12.9. The van der Waals surface area contributed by atoms with Crippen molar-refractivity contribution >= 4 is 29.0 Å². The van der Waals surface area contributed by atoms with Gasteiger partial charge in [0.25, 0.3) is 0 Å². The van der Waals surface area contributed by atoms with E-state index in [0.29, 0.717) is 18.2 Å². The van der Waals surface area contributed by atoms with Crippen LogP contribution in [-0.4, -0.2) is 75.4 Å². The summed E-state index contributed by atoms with van der Waals surface area (Å²) in [5.74, 6) is 0. The van der Waals surface area contributed by atoms with Crippen LogP contribution in [0.15, 0.2) is 18.2 Å². The normalized spacial score (nSPS) is 21.0. The average molecular weight is 367 g/mol. The molecule has 2 saturated heterocycles. The minimum Gasteiger partial charge on any atom is -0.378 e. The van der Waals surface area contributed by atoms with E-state index in [-0.39, 0.29) is 12.1 Å². The number of hydrogen-bond donors (Lipinski definition) is 1. The number of ether oxygens (including phenoxy) is 1. The molecule has 0 aliphatic carbocycles. The van der Waals surface area contributed by atoms with Crippen LogP contribution in [0, 0.1) is 0 Å². The Kier molecular flexibility index (Phi) is 6.04. The molecule has 0 spiro atoms. The van der Waals surface area contributed by atoms with Gasteiger partial charge in [-0.2, -0.15) is 0 Å². The second-order valence-corrected chi connectivity index (χ2v) is 7.32. The molecule has 1 aromatic carbocycles. The van der Waals surface area contributed by atoms with E-state index in [4.69, 9.17) is 16.3 Å². The van der Waals surface area contributed by atoms with Crippen LogP contribution in [0.5, 0.6) is 0 Å². The van der Waals surface area contributed by atoms with Gasteiger partial charge in [0.15, 0.2) is 0 Å². The first-order valence-corrected chi connectivity index (χ1v) is 9.27. The van der Waals surface area contributed by atoms with Crippen molar-refractivity contribution in [2.24, 2.45) is 0 Å². The number of likely N-dealkylation sites (N-methyl/N-ethyl adjacent to an activating group) is 1. The molecule has 138 valence electrons. The lowest BCUT2D eigenvalue weighted by Gasteiger charge is -2.32. The van der Waals surface area contributed by atoms with E-state index in [0.717, 1.165) is 50.4 Å². The van der Waals surface area contributed by atoms with Crippen molar-refractivity contribution < 1.29 is 9.53 Å². The number of urea groups is 1. The minimum atomic E-state index is -0.0406. The van der Waals surface area contributed by atoms with Crippen LogP contribution in [0.25, 0.3) is 0 Å². The van der Waals surface area contributed by atoms with Gasteiger partial charge >= 0.3 is 6.03 Å². The Labute approximate surface area is 154 Å². The zero-order chi connectivity index (χ0) is 17.8. The van der Waals surface area contributed by atoms with Gasteiger partial charge in [0, 0.05) is 32.2 Å². The molecule has 6 nitrogen and oxygen atoms in total. The van der Waals surface area contributed by atoms with Gasteiger partial charge in [-0.15, -0.1) is 0 Å². The fraction of sp³-hybridized carbons (Fsp3) is 0.611. The number of hydrogen-bond acceptors (Lipinski definition) is 4. The first-order valence-electron chi connectivity index (χ1n) is 8.90. The third-order valence-electron chi connectivity index (χ3n) is 4.77. The molecule has 7 heteroatoms. The summed E-state index contributed by atoms with van der Waals surface area (Å²) >= 11 is 6.45. The number of rotatable bonds is 4. The molecule has 1 N–H and O–H groups in total. The molecule has 2 amide bonds. The maximum Gasteiger partial charge on any atom is 0.322 e. The monoisotopic (exact) mass is 366 g/mol. The Balaban J connectivity index is 1.76. The number of anilines is 2. The lowest BCUT2D eigenvalue weighted by atomic mass is 10.2. The van der Waals surface area contributed by atoms with Crippen molar-refractivity contribution in [3.8, 4) is 0 Å². The minimum absolute atomic E-state index is 0.0406. The van der Waals surface area contributed by atoms with E-state index in [1.807, 2.05) is 37.2 Å². The van der Waals surface area contributed by atoms with Crippen molar-refractivity contribution in [3.05, 3.63) is 23.2 Å². The van der Waals surface area contributed by atoms with E-state index in [1.54, 1.807) is 0 Å². The number of nitrogens with zero attached hydrogens (tertiary/aromatic N) is 3. The lowest BCUT2D eigenvalue weighted by molar-refractivity contribution is 0.123. The second kappa shape index (κ2) is 8.25. The second-order valence-electron chi connectivity index (χ2n) is 6.92. The van der Waals surface area contributed by atoms with Crippen LogP contribution in [0.2, 0.25) is 5.02 Å². The van der Waals surface area contributed by atoms with Gasteiger partial charge in [-0.1, -0.05) is 17.7 Å². The number of morpholine rings is 1. The molecule has 2 aliphatic heterocycles. The molecule has 1 atom stereocenters. The van der Waals surface area contributed by atoms with Crippen LogP contribution in [0.1, 0.15) is 12.8 Å². The number of carbonyl (C=O) groups excluding carboxylic acids is 1. The smallest absolute Gasteiger partial charge is 0.322 e. The summed E-state index contributed by atoms with van der Waals surface area (Å²) in [6, 6.07) is 5.89. The van der Waals surface area contributed by atoms with E-state index < -0.39 is 0 Å². The van der Waals surface area contributed by atoms with Gasteiger partial charge in [0.1, 0.15) is 0 Å². The number of benzene rings is 1. The molecule has 25 heavy (non-hydrogen) atoms. The Hall–Kier alpha value is -1.50. The van der Waals surface area contributed by atoms with E-state index in [2.05, 4.69) is 15.1 Å². The van der Waals surface area contributed by atoms with E-state index in [1.165, 1.54) is 0 Å². The highest BCUT2D eigenvalue weighted by Gasteiger charge is 2.30. The van der Waals surface area contributed by atoms with Gasteiger partial charge in [-0.25, -0.2) is 4.79 Å². The first-order chi connectivity index (χ1) is 12.1. The zero-order valence-electron chi connectivity index (χ0n) is 15.0. The predicted molar refractivity (Wildman–Crippen MR) is 102 cm³/mol. The number of likely N-dealkylation sites (tertiary alicyclic amines) is 1. The summed E-state index contributed by atoms with van der Waals surface area (Å²) in [7, 11) is 4.09. The highest BCUT2D eigenvalue weighted by atomic mass is 35.5. The first kappa shape index (κ1) is 18.3. The van der Waals surface area contributed by atoms with Gasteiger partial charge in [-0.05, 0) is 39.1 Å². The van der Waals surface area contributed by atoms with Crippen molar-refractivity contribution in [2.75, 3.05) is 63.7 Å². The largest absolute Gasteiger partial charge is 0.378 e. The molecule has 0 saturated carbocycles. The average Bonchev–Trinajstić information content (AvgIpc) is 3.03. The number of para-hydroxylation sites is 1. The standard InChI is InChI=1S/C18H27ClN4O2/c1-21(2)13-14-5-4-8-23(14)18(24)20-16-7-3-6-15(19)17(16)22-9-11-25-12-10-22/h3,6-7,14H,4-5,8-13H2,1-2H3,(H,20,24)/t14-/m1/s1. The number of carbonyl (C=O) groups is 1. The fourth-order valence-corrected chi connectivity index (χ4v) is 3.92. The van der Waals surface area contributed by atoms with Gasteiger partial charge in [0.05, 0.1) is 29.6 Å². The van der Waals surface area contributed by atoms with Crippen LogP contribution in [0.3, 0.4) is 0 Å². The fourth-order valence-electron chi connectivity index (χ4n) is 3.63. The Bertz CT molecular complexity index is 605. The molecule has 1 aromatic rings. The maximum atomic E-state index is 12.9. The molecule has 0 bridgehead atoms. The molecule has 2 fully saturated rings. The molecular weight excluding hydrogens is 340 g/mol. The Morgan fingerprint density at radius 3 is 2.80 bits per heavy atom. The number of halogens is 1. The van der Waals surface area contributed by atoms with E-state index in [9.17, 15) is 4.79 Å². The Morgan fingerprint density at radius 1 is 1.32 bits per heavy atom. The van der Waals surface area contributed by atoms with Gasteiger partial charge < -0.3 is 24.8 Å². The van der Waals surface area contributed by atoms with Gasteiger partial charge in [0.2, 0.25) is 0 Å². The van der Waals surface area contributed by atoms with Crippen LogP contribution >= 0.6 is 11.6 Å². The van der Waals surface area contributed by atoms with Crippen LogP contribution < -0.4 is 10.2 Å². The molecule has 2 aliphatic rings. The van der Waals surface area contributed by atoms with Crippen LogP contribution in [0.4, 0.5) is 16.2 Å². The summed E-state index contributed by atoms with van der Waals surface area (Å²) in [4.78, 5) is 19.1. The van der Waals surface area contributed by atoms with Crippen molar-refractivity contribution in [1.29, 1.82) is 0 Å². The van der Waals surface area contributed by atoms with Crippen molar-refractivity contribution in [1.82, 2.24) is 9.80 Å². The van der Waals surface area contributed by atoms with Gasteiger partial charge in [-0.3, -0.25) is 0 Å². The summed E-state index contributed by atoms with van der Waals surface area (Å²) < 4.78 is 5.43. The molecule has 0 radical (unpaired) electrons. The highest BCUT2D eigenvalue weighted by Crippen LogP contribution is 2.35. The summed E-state index contributed by atoms with van der Waals surface area (Å²) in [5.41, 5.74) is 1.67. The summed E-state index contributed by atoms with van der Waals surface area (Å²) in [6.07, 6.45) is 2.11. The molecule has 2 heterocycles. The predicted octanol–water partition coefficient (Wildman–Crippen LogP) is 2.73. The SMILES string of the molecule is CN(C)C[C@H]1CCCN1C(=O)Nc1cccc(Cl)c1N1CCOCC1. The third kappa shape index (κ3) is 4.37. The molecule has 3 rings (SSSR count). The zero-order valence-corrected chi connectivity index (χ0v) is 15.8. The Morgan fingerprint density at radius 2 is 2.08 bits per heavy atom. The van der Waals surface area contributed by atoms with Crippen molar-refractivity contribution in [2.45, 2.75) is 18.9 Å². The topological polar surface area (TPSA) is 48.0 Å². The highest BCUT2D eigenvalue weighted by molar-refractivity contribution is 6.34. The quantitative estimate of drug-likeness (QED) is 0.890. The third-order valence-corrected chi connectivity index (χ3v) is 5.07. The van der Waals surface area contributed by atoms with Crippen molar-refractivity contribution in [3.63, 3.8) is 0 Å².